The van der Waals surface area contributed by atoms with E-state index in [9.17, 15) is 14.4 Å². The highest BCUT2D eigenvalue weighted by atomic mass is 16.6. The maximum atomic E-state index is 13.2. The largest absolute Gasteiger partial charge is 0.444 e. The van der Waals surface area contributed by atoms with Crippen LogP contribution in [0.1, 0.15) is 26.3 Å². The molecule has 0 saturated heterocycles. The fraction of sp³-hybridized carbons (Fsp3) is 0.333. The lowest BCUT2D eigenvalue weighted by Crippen LogP contribution is -2.50. The van der Waals surface area contributed by atoms with E-state index in [2.05, 4.69) is 15.6 Å². The first kappa shape index (κ1) is 25.0. The van der Waals surface area contributed by atoms with Crippen molar-refractivity contribution in [3.63, 3.8) is 0 Å². The van der Waals surface area contributed by atoms with E-state index in [0.717, 1.165) is 16.5 Å². The summed E-state index contributed by atoms with van der Waals surface area (Å²) < 4.78 is 8.84. The number of alkyl carbamates (subject to hydrolysis) is 1. The summed E-state index contributed by atoms with van der Waals surface area (Å²) in [6.07, 6.45) is 3.05. The molecule has 0 aliphatic carbocycles. The zero-order valence-corrected chi connectivity index (χ0v) is 20.9. The van der Waals surface area contributed by atoms with Crippen LogP contribution in [0.15, 0.2) is 65.8 Å². The van der Waals surface area contributed by atoms with Crippen molar-refractivity contribution in [2.24, 2.45) is 7.05 Å². The van der Waals surface area contributed by atoms with Gasteiger partial charge in [-0.05, 0) is 44.5 Å². The van der Waals surface area contributed by atoms with Crippen LogP contribution in [0.2, 0.25) is 0 Å². The van der Waals surface area contributed by atoms with Gasteiger partial charge in [0, 0.05) is 43.7 Å². The SMILES string of the molecule is Cn1cc(CC(NC(=O)OC(C)(C)C)C(=O)NCCn2cnc3ccccc3c2=O)c2ccccc21. The molecule has 0 aliphatic rings. The normalized spacial score (nSPS) is 12.4. The zero-order valence-electron chi connectivity index (χ0n) is 20.9. The number of hydrogen-bond donors (Lipinski definition) is 2. The van der Waals surface area contributed by atoms with Gasteiger partial charge in [-0.3, -0.25) is 14.2 Å². The van der Waals surface area contributed by atoms with Crippen LogP contribution in [0.5, 0.6) is 0 Å². The molecule has 2 N–H and O–H groups in total. The highest BCUT2D eigenvalue weighted by molar-refractivity contribution is 5.88. The lowest BCUT2D eigenvalue weighted by atomic mass is 10.0. The number of aryl methyl sites for hydroxylation is 1. The molecule has 9 nitrogen and oxygen atoms in total. The minimum atomic E-state index is -0.864. The van der Waals surface area contributed by atoms with Crippen LogP contribution < -0.4 is 16.2 Å². The molecule has 9 heteroatoms. The molecular formula is C27H31N5O4. The number of aromatic nitrogens is 3. The Kier molecular flexibility index (Phi) is 7.10. The minimum Gasteiger partial charge on any atom is -0.444 e. The van der Waals surface area contributed by atoms with Crippen molar-refractivity contribution >= 4 is 33.8 Å². The molecule has 2 amide bonds. The van der Waals surface area contributed by atoms with Crippen molar-refractivity contribution in [3.8, 4) is 0 Å². The van der Waals surface area contributed by atoms with Gasteiger partial charge in [0.15, 0.2) is 0 Å². The smallest absolute Gasteiger partial charge is 0.408 e. The van der Waals surface area contributed by atoms with Gasteiger partial charge in [0.1, 0.15) is 11.6 Å². The molecule has 1 unspecified atom stereocenters. The first-order chi connectivity index (χ1) is 17.1. The molecule has 2 aromatic carbocycles. The number of carbonyl (C=O) groups is 2. The average molecular weight is 490 g/mol. The maximum absolute atomic E-state index is 13.2. The van der Waals surface area contributed by atoms with Crippen LogP contribution in [0.3, 0.4) is 0 Å². The molecule has 36 heavy (non-hydrogen) atoms. The molecule has 4 aromatic rings. The molecule has 0 spiro atoms. The number of benzene rings is 2. The second kappa shape index (κ2) is 10.2. The van der Waals surface area contributed by atoms with Gasteiger partial charge in [-0.2, -0.15) is 0 Å². The van der Waals surface area contributed by atoms with Crippen LogP contribution in [-0.2, 0) is 29.5 Å². The van der Waals surface area contributed by atoms with Gasteiger partial charge < -0.3 is 19.9 Å². The standard InChI is InChI=1S/C27H31N5O4/c1-27(2,3)36-26(35)30-22(15-18-16-31(4)23-12-8-6-9-19(18)23)24(33)28-13-14-32-17-29-21-11-7-5-10-20(21)25(32)34/h5-12,16-17,22H,13-15H2,1-4H3,(H,28,33)(H,30,35). The van der Waals surface area contributed by atoms with Crippen LogP contribution in [0.25, 0.3) is 21.8 Å². The van der Waals surface area contributed by atoms with Crippen molar-refractivity contribution in [1.82, 2.24) is 24.8 Å². The molecule has 0 bridgehead atoms. The molecule has 0 radical (unpaired) electrons. The fourth-order valence-corrected chi connectivity index (χ4v) is 4.16. The maximum Gasteiger partial charge on any atom is 0.408 e. The van der Waals surface area contributed by atoms with Gasteiger partial charge in [-0.25, -0.2) is 9.78 Å². The highest BCUT2D eigenvalue weighted by Crippen LogP contribution is 2.22. The third-order valence-corrected chi connectivity index (χ3v) is 5.79. The molecule has 4 rings (SSSR count). The Morgan fingerprint density at radius 1 is 1.06 bits per heavy atom. The second-order valence-corrected chi connectivity index (χ2v) is 9.74. The third-order valence-electron chi connectivity index (χ3n) is 5.79. The van der Waals surface area contributed by atoms with Crippen LogP contribution in [0.4, 0.5) is 4.79 Å². The molecular weight excluding hydrogens is 458 g/mol. The highest BCUT2D eigenvalue weighted by Gasteiger charge is 2.25. The van der Waals surface area contributed by atoms with Gasteiger partial charge in [-0.1, -0.05) is 30.3 Å². The third kappa shape index (κ3) is 5.73. The zero-order chi connectivity index (χ0) is 25.9. The van der Waals surface area contributed by atoms with Crippen LogP contribution >= 0.6 is 0 Å². The van der Waals surface area contributed by atoms with Crippen molar-refractivity contribution < 1.29 is 14.3 Å². The summed E-state index contributed by atoms with van der Waals surface area (Å²) >= 11 is 0. The summed E-state index contributed by atoms with van der Waals surface area (Å²) in [6, 6.07) is 14.2. The summed E-state index contributed by atoms with van der Waals surface area (Å²) in [6.45, 7) is 5.74. The second-order valence-electron chi connectivity index (χ2n) is 9.74. The Balaban J connectivity index is 1.49. The number of rotatable bonds is 7. The number of hydrogen-bond acceptors (Lipinski definition) is 5. The van der Waals surface area contributed by atoms with Gasteiger partial charge in [0.25, 0.3) is 5.56 Å². The molecule has 188 valence electrons. The van der Waals surface area contributed by atoms with Crippen LogP contribution in [-0.4, -0.2) is 44.3 Å². The monoisotopic (exact) mass is 489 g/mol. The lowest BCUT2D eigenvalue weighted by molar-refractivity contribution is -0.123. The Bertz CT molecular complexity index is 1460. The van der Waals surface area contributed by atoms with Gasteiger partial charge in [0.2, 0.25) is 5.91 Å². The Morgan fingerprint density at radius 2 is 1.75 bits per heavy atom. The first-order valence-electron chi connectivity index (χ1n) is 11.9. The molecule has 0 aliphatic heterocycles. The van der Waals surface area contributed by atoms with Gasteiger partial charge >= 0.3 is 6.09 Å². The quantitative estimate of drug-likeness (QED) is 0.415. The molecule has 2 heterocycles. The van der Waals surface area contributed by atoms with Crippen molar-refractivity contribution in [2.45, 2.75) is 45.4 Å². The summed E-state index contributed by atoms with van der Waals surface area (Å²) in [5.74, 6) is -0.365. The number of para-hydroxylation sites is 2. The van der Waals surface area contributed by atoms with E-state index >= 15 is 0 Å². The van der Waals surface area contributed by atoms with E-state index in [1.807, 2.05) is 48.1 Å². The summed E-state index contributed by atoms with van der Waals surface area (Å²) in [5, 5.41) is 7.09. The van der Waals surface area contributed by atoms with Crippen molar-refractivity contribution in [2.75, 3.05) is 6.54 Å². The summed E-state index contributed by atoms with van der Waals surface area (Å²) in [7, 11) is 1.94. The number of ether oxygens (including phenoxy) is 1. The molecule has 1 atom stereocenters. The Labute approximate surface area is 209 Å². The van der Waals surface area contributed by atoms with Crippen molar-refractivity contribution in [3.05, 3.63) is 77.0 Å². The number of nitrogens with one attached hydrogen (secondary N) is 2. The number of carbonyl (C=O) groups excluding carboxylic acids is 2. The predicted octanol–water partition coefficient (Wildman–Crippen LogP) is 3.14. The number of amides is 2. The summed E-state index contributed by atoms with van der Waals surface area (Å²) in [5.41, 5.74) is 1.72. The fourth-order valence-electron chi connectivity index (χ4n) is 4.16. The van der Waals surface area contributed by atoms with Crippen molar-refractivity contribution in [1.29, 1.82) is 0 Å². The van der Waals surface area contributed by atoms with Gasteiger partial charge in [0.05, 0.1) is 17.2 Å². The van der Waals surface area contributed by atoms with E-state index in [-0.39, 0.29) is 31.0 Å². The predicted molar refractivity (Wildman–Crippen MR) is 139 cm³/mol. The average Bonchev–Trinajstić information content (AvgIpc) is 3.14. The number of nitrogens with zero attached hydrogens (tertiary/aromatic N) is 3. The Hall–Kier alpha value is -4.14. The minimum absolute atomic E-state index is 0.172. The topological polar surface area (TPSA) is 107 Å². The lowest BCUT2D eigenvalue weighted by Gasteiger charge is -2.23. The molecule has 0 saturated carbocycles. The van der Waals surface area contributed by atoms with Gasteiger partial charge in [-0.15, -0.1) is 0 Å². The van der Waals surface area contributed by atoms with E-state index in [1.165, 1.54) is 10.9 Å². The van der Waals surface area contributed by atoms with E-state index < -0.39 is 17.7 Å². The summed E-state index contributed by atoms with van der Waals surface area (Å²) in [4.78, 5) is 42.7. The Morgan fingerprint density at radius 3 is 2.50 bits per heavy atom. The van der Waals surface area contributed by atoms with E-state index in [1.54, 1.807) is 39.0 Å². The van der Waals surface area contributed by atoms with E-state index in [0.29, 0.717) is 10.9 Å². The van der Waals surface area contributed by atoms with Crippen LogP contribution in [0, 0.1) is 0 Å². The number of fused-ring (bicyclic) bond motifs is 2. The van der Waals surface area contributed by atoms with E-state index in [4.69, 9.17) is 4.74 Å². The first-order valence-corrected chi connectivity index (χ1v) is 11.9. The molecule has 2 aromatic heterocycles. The molecule has 0 fully saturated rings.